The Morgan fingerprint density at radius 3 is 2.25 bits per heavy atom. The quantitative estimate of drug-likeness (QED) is 0.482. The second-order valence-corrected chi connectivity index (χ2v) is 3.41. The van der Waals surface area contributed by atoms with Gasteiger partial charge in [0.25, 0.3) is 0 Å². The van der Waals surface area contributed by atoms with Gasteiger partial charge in [-0.15, -0.1) is 25.6 Å². The van der Waals surface area contributed by atoms with E-state index in [1.807, 2.05) is 0 Å². The van der Waals surface area contributed by atoms with Crippen LogP contribution in [-0.2, 0) is 0 Å². The Bertz CT molecular complexity index is 27.7. The van der Waals surface area contributed by atoms with Gasteiger partial charge < -0.3 is 0 Å². The number of hydrogen-bond acceptors (Lipinski definition) is 0. The Balaban J connectivity index is 0. The van der Waals surface area contributed by atoms with Crippen molar-refractivity contribution >= 4 is 25.6 Å². The molecule has 0 N–H and O–H groups in total. The van der Waals surface area contributed by atoms with Crippen LogP contribution in [0.15, 0.2) is 0 Å². The second-order valence-electron chi connectivity index (χ2n) is 1.71. The summed E-state index contributed by atoms with van der Waals surface area (Å²) < 4.78 is 0. The summed E-state index contributed by atoms with van der Waals surface area (Å²) >= 11 is 0. The maximum absolute atomic E-state index is 2.26. The molecule has 1 unspecified atom stereocenters. The minimum absolute atomic E-state index is 0. The van der Waals surface area contributed by atoms with Crippen molar-refractivity contribution in [2.45, 2.75) is 26.7 Å². The summed E-state index contributed by atoms with van der Waals surface area (Å²) in [4.78, 5) is 0. The zero-order chi connectivity index (χ0) is 5.54. The molecule has 0 aromatic carbocycles. The van der Waals surface area contributed by atoms with Crippen LogP contribution in [0.4, 0.5) is 0 Å². The first-order valence-corrected chi connectivity index (χ1v) is 4.54. The molecule has 0 aliphatic rings. The molecule has 0 aliphatic heterocycles. The molecule has 0 amide bonds. The minimum atomic E-state index is 0. The number of rotatable bonds is 4. The fraction of sp³-hybridized carbons (Fsp3) is 1.00. The van der Waals surface area contributed by atoms with E-state index in [0.717, 1.165) is 0 Å². The van der Waals surface area contributed by atoms with Crippen molar-refractivity contribution in [3.63, 3.8) is 0 Å². The maximum atomic E-state index is 2.26. The standard InChI is InChI=1S/C6H15P.BrH/c1-3-5-6-7-4-2;/h7H,3-6H2,1-2H3;1H. The van der Waals surface area contributed by atoms with Crippen molar-refractivity contribution < 1.29 is 0 Å². The van der Waals surface area contributed by atoms with E-state index in [0.29, 0.717) is 0 Å². The van der Waals surface area contributed by atoms with Crippen LogP contribution in [0, 0.1) is 0 Å². The first-order chi connectivity index (χ1) is 3.41. The smallest absolute Gasteiger partial charge is 0.0354 e. The third-order valence-corrected chi connectivity index (χ3v) is 2.16. The summed E-state index contributed by atoms with van der Waals surface area (Å²) in [5.41, 5.74) is 0. The lowest BCUT2D eigenvalue weighted by Crippen LogP contribution is -1.73. The molecule has 0 saturated carbocycles. The molecule has 0 fully saturated rings. The van der Waals surface area contributed by atoms with Gasteiger partial charge in [0, 0.05) is 0 Å². The molecule has 0 aliphatic carbocycles. The van der Waals surface area contributed by atoms with Crippen molar-refractivity contribution in [2.24, 2.45) is 0 Å². The normalized spacial score (nSPS) is 9.75. The highest BCUT2D eigenvalue weighted by molar-refractivity contribution is 8.93. The molecule has 0 aromatic heterocycles. The van der Waals surface area contributed by atoms with Crippen LogP contribution < -0.4 is 0 Å². The van der Waals surface area contributed by atoms with Gasteiger partial charge >= 0.3 is 0 Å². The summed E-state index contributed by atoms with van der Waals surface area (Å²) in [6, 6.07) is 0. The summed E-state index contributed by atoms with van der Waals surface area (Å²) in [6.45, 7) is 4.51. The molecule has 0 aromatic rings. The van der Waals surface area contributed by atoms with Gasteiger partial charge in [0.15, 0.2) is 0 Å². The molecule has 0 heterocycles. The van der Waals surface area contributed by atoms with Crippen molar-refractivity contribution in [3.05, 3.63) is 0 Å². The Morgan fingerprint density at radius 1 is 1.25 bits per heavy atom. The van der Waals surface area contributed by atoms with Gasteiger partial charge in [-0.2, -0.15) is 0 Å². The minimum Gasteiger partial charge on any atom is -0.122 e. The summed E-state index contributed by atoms with van der Waals surface area (Å²) in [6.07, 6.45) is 5.66. The van der Waals surface area contributed by atoms with Gasteiger partial charge in [0.1, 0.15) is 0 Å². The van der Waals surface area contributed by atoms with Crippen LogP contribution in [0.5, 0.6) is 0 Å². The molecule has 0 radical (unpaired) electrons. The third kappa shape index (κ3) is 10.0. The topological polar surface area (TPSA) is 0 Å². The van der Waals surface area contributed by atoms with Gasteiger partial charge in [0.2, 0.25) is 0 Å². The lowest BCUT2D eigenvalue weighted by Gasteiger charge is -1.91. The zero-order valence-electron chi connectivity index (χ0n) is 5.74. The predicted molar refractivity (Wildman–Crippen MR) is 49.0 cm³/mol. The summed E-state index contributed by atoms with van der Waals surface area (Å²) in [7, 11) is 1.22. The molecule has 0 bridgehead atoms. The molecule has 2 heteroatoms. The van der Waals surface area contributed by atoms with Crippen molar-refractivity contribution in [1.29, 1.82) is 0 Å². The van der Waals surface area contributed by atoms with Crippen LogP contribution >= 0.6 is 25.6 Å². The Labute approximate surface area is 65.0 Å². The van der Waals surface area contributed by atoms with E-state index >= 15 is 0 Å². The van der Waals surface area contributed by atoms with E-state index in [1.165, 1.54) is 33.7 Å². The lowest BCUT2D eigenvalue weighted by molar-refractivity contribution is 0.893. The Morgan fingerprint density at radius 2 is 1.88 bits per heavy atom. The van der Waals surface area contributed by atoms with Gasteiger partial charge in [-0.3, -0.25) is 0 Å². The molecule has 8 heavy (non-hydrogen) atoms. The summed E-state index contributed by atoms with van der Waals surface area (Å²) in [5, 5.41) is 0. The maximum Gasteiger partial charge on any atom is -0.0354 e. The third-order valence-electron chi connectivity index (χ3n) is 0.957. The van der Waals surface area contributed by atoms with Crippen LogP contribution in [-0.4, -0.2) is 12.3 Å². The lowest BCUT2D eigenvalue weighted by atomic mass is 10.4. The highest BCUT2D eigenvalue weighted by Gasteiger charge is 1.79. The zero-order valence-corrected chi connectivity index (χ0v) is 8.45. The summed E-state index contributed by atoms with van der Waals surface area (Å²) in [5.74, 6) is 0. The number of hydrogen-bond donors (Lipinski definition) is 0. The fourth-order valence-corrected chi connectivity index (χ4v) is 1.44. The Hall–Kier alpha value is 0.910. The molecule has 1 atom stereocenters. The monoisotopic (exact) mass is 198 g/mol. The van der Waals surface area contributed by atoms with Crippen LogP contribution in [0.25, 0.3) is 0 Å². The molecular formula is C6H16BrP. The van der Waals surface area contributed by atoms with E-state index in [9.17, 15) is 0 Å². The van der Waals surface area contributed by atoms with Gasteiger partial charge in [-0.05, 0) is 18.7 Å². The average molecular weight is 199 g/mol. The largest absolute Gasteiger partial charge is 0.122 e. The molecule has 52 valence electrons. The van der Waals surface area contributed by atoms with E-state index in [2.05, 4.69) is 13.8 Å². The second kappa shape index (κ2) is 10.8. The van der Waals surface area contributed by atoms with Crippen molar-refractivity contribution in [3.8, 4) is 0 Å². The first-order valence-electron chi connectivity index (χ1n) is 3.12. The van der Waals surface area contributed by atoms with Crippen LogP contribution in [0.3, 0.4) is 0 Å². The van der Waals surface area contributed by atoms with E-state index < -0.39 is 0 Å². The molecule has 0 saturated heterocycles. The average Bonchev–Trinajstić information content (AvgIpc) is 1.69. The highest BCUT2D eigenvalue weighted by atomic mass is 79.9. The van der Waals surface area contributed by atoms with E-state index in [1.54, 1.807) is 0 Å². The molecule has 0 spiro atoms. The molecular weight excluding hydrogens is 183 g/mol. The number of unbranched alkanes of at least 4 members (excludes halogenated alkanes) is 1. The predicted octanol–water partition coefficient (Wildman–Crippen LogP) is 3.06. The fourth-order valence-electron chi connectivity index (χ4n) is 0.479. The Kier molecular flexibility index (Phi) is 15.8. The first kappa shape index (κ1) is 11.7. The SMILES string of the molecule is Br.CCCCPCC. The van der Waals surface area contributed by atoms with E-state index in [4.69, 9.17) is 0 Å². The van der Waals surface area contributed by atoms with Crippen LogP contribution in [0.1, 0.15) is 26.7 Å². The highest BCUT2D eigenvalue weighted by Crippen LogP contribution is 2.09. The van der Waals surface area contributed by atoms with Gasteiger partial charge in [-0.25, -0.2) is 0 Å². The van der Waals surface area contributed by atoms with Crippen molar-refractivity contribution in [2.75, 3.05) is 12.3 Å². The molecule has 0 rings (SSSR count). The van der Waals surface area contributed by atoms with Gasteiger partial charge in [-0.1, -0.05) is 20.3 Å². The van der Waals surface area contributed by atoms with Crippen LogP contribution in [0.2, 0.25) is 0 Å². The van der Waals surface area contributed by atoms with E-state index in [-0.39, 0.29) is 17.0 Å². The van der Waals surface area contributed by atoms with Gasteiger partial charge in [0.05, 0.1) is 0 Å². The number of halogens is 1. The van der Waals surface area contributed by atoms with Crippen molar-refractivity contribution in [1.82, 2.24) is 0 Å². The molecule has 0 nitrogen and oxygen atoms in total.